The van der Waals surface area contributed by atoms with Crippen LogP contribution in [0.5, 0.6) is 23.0 Å². The molecule has 10 heteroatoms. The van der Waals surface area contributed by atoms with Crippen LogP contribution in [-0.4, -0.2) is 54.4 Å². The van der Waals surface area contributed by atoms with Crippen molar-refractivity contribution in [1.29, 1.82) is 0 Å². The van der Waals surface area contributed by atoms with E-state index >= 15 is 0 Å². The monoisotopic (exact) mass is 668 g/mol. The lowest BCUT2D eigenvalue weighted by atomic mass is 9.77. The Morgan fingerprint density at radius 2 is 1.22 bits per heavy atom. The largest absolute Gasteiger partial charge is 0.504 e. The van der Waals surface area contributed by atoms with Gasteiger partial charge in [0, 0.05) is 24.7 Å². The second-order valence-electron chi connectivity index (χ2n) is 11.9. The van der Waals surface area contributed by atoms with Gasteiger partial charge >= 0.3 is 0 Å². The molecule has 0 spiro atoms. The summed E-state index contributed by atoms with van der Waals surface area (Å²) in [6, 6.07) is 37.3. The molecule has 0 aliphatic rings. The second kappa shape index (κ2) is 14.7. The van der Waals surface area contributed by atoms with Gasteiger partial charge in [-0.15, -0.1) is 0 Å². The molecular weight excluding hydrogens is 632 g/mol. The van der Waals surface area contributed by atoms with Crippen LogP contribution < -0.4 is 10.6 Å². The third-order valence-corrected chi connectivity index (χ3v) is 8.62. The molecule has 2 amide bonds. The summed E-state index contributed by atoms with van der Waals surface area (Å²) in [5.41, 5.74) is 3.45. The molecule has 0 fully saturated rings. The quantitative estimate of drug-likeness (QED) is 0.0769. The molecule has 6 aromatic rings. The summed E-state index contributed by atoms with van der Waals surface area (Å²) >= 11 is 0. The molecule has 5 aromatic carbocycles. The van der Waals surface area contributed by atoms with E-state index in [-0.39, 0.29) is 35.8 Å². The highest BCUT2D eigenvalue weighted by Crippen LogP contribution is 2.40. The van der Waals surface area contributed by atoms with Gasteiger partial charge in [0.15, 0.2) is 23.0 Å². The van der Waals surface area contributed by atoms with Crippen molar-refractivity contribution in [2.24, 2.45) is 0 Å². The molecule has 10 nitrogen and oxygen atoms in total. The summed E-state index contributed by atoms with van der Waals surface area (Å²) in [6.45, 7) is 0.184. The number of aromatic nitrogens is 2. The third kappa shape index (κ3) is 7.00. The number of carbonyl (C=O) groups excluding carboxylic acids is 2. The summed E-state index contributed by atoms with van der Waals surface area (Å²) in [5, 5.41) is 44.8. The van der Waals surface area contributed by atoms with Gasteiger partial charge in [0.1, 0.15) is 11.6 Å². The first-order valence-electron chi connectivity index (χ1n) is 16.1. The van der Waals surface area contributed by atoms with Crippen LogP contribution in [0.1, 0.15) is 38.3 Å². The second-order valence-corrected chi connectivity index (χ2v) is 11.9. The zero-order valence-electron chi connectivity index (χ0n) is 27.0. The van der Waals surface area contributed by atoms with Crippen LogP contribution in [0.3, 0.4) is 0 Å². The standard InChI is InChI=1S/C40H36N4O6/c45-34-18-16-27(22-36(34)47)20-21-41-39(50)33(43-38(49)28-17-19-35(46)37(48)23-28)24-32-25-44(26-42-32)40(29-10-4-1-5-11-29,30-12-6-2-7-13-30)31-14-8-3-9-15-31/h1-19,22-23,25-26,33,45-48H,20-21,24H2,(H,41,50)(H,43,49)/t33-/m1/s1. The van der Waals surface area contributed by atoms with Crippen molar-refractivity contribution in [3.8, 4) is 23.0 Å². The Balaban J connectivity index is 1.33. The van der Waals surface area contributed by atoms with Crippen LogP contribution in [0.25, 0.3) is 0 Å². The molecule has 1 heterocycles. The van der Waals surface area contributed by atoms with E-state index in [1.165, 1.54) is 24.3 Å². The molecule has 0 radical (unpaired) electrons. The Bertz CT molecular complexity index is 1990. The maximum atomic E-state index is 13.7. The van der Waals surface area contributed by atoms with Gasteiger partial charge in [-0.2, -0.15) is 0 Å². The number of imidazole rings is 1. The molecule has 0 aliphatic carbocycles. The Kier molecular flexibility index (Phi) is 9.80. The van der Waals surface area contributed by atoms with E-state index in [4.69, 9.17) is 4.98 Å². The van der Waals surface area contributed by atoms with E-state index in [2.05, 4.69) is 47.0 Å². The van der Waals surface area contributed by atoms with Crippen molar-refractivity contribution in [3.05, 3.63) is 173 Å². The summed E-state index contributed by atoms with van der Waals surface area (Å²) in [4.78, 5) is 31.8. The van der Waals surface area contributed by atoms with Gasteiger partial charge in [-0.3, -0.25) is 9.59 Å². The fourth-order valence-electron chi connectivity index (χ4n) is 6.14. The number of rotatable bonds is 12. The number of phenols is 4. The van der Waals surface area contributed by atoms with E-state index in [1.54, 1.807) is 12.4 Å². The first-order valence-corrected chi connectivity index (χ1v) is 16.1. The molecule has 1 aromatic heterocycles. The molecule has 0 saturated carbocycles. The molecule has 6 rings (SSSR count). The minimum atomic E-state index is -1.07. The summed E-state index contributed by atoms with van der Waals surface area (Å²) in [6.07, 6.45) is 4.00. The van der Waals surface area contributed by atoms with Crippen LogP contribution in [0.2, 0.25) is 0 Å². The van der Waals surface area contributed by atoms with E-state index < -0.39 is 29.1 Å². The Hall–Kier alpha value is -6.55. The van der Waals surface area contributed by atoms with E-state index in [1.807, 2.05) is 65.4 Å². The van der Waals surface area contributed by atoms with Crippen molar-refractivity contribution in [3.63, 3.8) is 0 Å². The van der Waals surface area contributed by atoms with Crippen LogP contribution in [-0.2, 0) is 23.2 Å². The average molecular weight is 669 g/mol. The Labute approximate surface area is 289 Å². The van der Waals surface area contributed by atoms with Gasteiger partial charge in [0.25, 0.3) is 5.91 Å². The molecule has 0 bridgehead atoms. The normalized spacial score (nSPS) is 11.8. The maximum absolute atomic E-state index is 13.7. The first-order chi connectivity index (χ1) is 24.3. The predicted molar refractivity (Wildman–Crippen MR) is 188 cm³/mol. The van der Waals surface area contributed by atoms with Gasteiger partial charge in [0.2, 0.25) is 5.91 Å². The number of amides is 2. The molecule has 252 valence electrons. The lowest BCUT2D eigenvalue weighted by Gasteiger charge is -2.37. The minimum absolute atomic E-state index is 0.0308. The molecule has 6 N–H and O–H groups in total. The van der Waals surface area contributed by atoms with Gasteiger partial charge in [-0.05, 0) is 59.0 Å². The molecule has 0 saturated heterocycles. The number of carbonyl (C=O) groups is 2. The van der Waals surface area contributed by atoms with Crippen molar-refractivity contribution >= 4 is 11.8 Å². The Morgan fingerprint density at radius 1 is 0.680 bits per heavy atom. The number of nitrogens with zero attached hydrogens (tertiary/aromatic N) is 2. The molecule has 0 unspecified atom stereocenters. The van der Waals surface area contributed by atoms with Gasteiger partial charge in [-0.1, -0.05) is 97.1 Å². The fourth-order valence-corrected chi connectivity index (χ4v) is 6.14. The summed E-state index contributed by atoms with van der Waals surface area (Å²) in [7, 11) is 0. The highest BCUT2D eigenvalue weighted by atomic mass is 16.3. The van der Waals surface area contributed by atoms with Crippen LogP contribution >= 0.6 is 0 Å². The van der Waals surface area contributed by atoms with Crippen LogP contribution in [0, 0.1) is 0 Å². The van der Waals surface area contributed by atoms with E-state index in [0.717, 1.165) is 22.8 Å². The van der Waals surface area contributed by atoms with Gasteiger partial charge < -0.3 is 35.6 Å². The maximum Gasteiger partial charge on any atom is 0.252 e. The van der Waals surface area contributed by atoms with E-state index in [0.29, 0.717) is 17.7 Å². The smallest absolute Gasteiger partial charge is 0.252 e. The minimum Gasteiger partial charge on any atom is -0.504 e. The summed E-state index contributed by atoms with van der Waals surface area (Å²) < 4.78 is 2.02. The Morgan fingerprint density at radius 3 is 1.76 bits per heavy atom. The van der Waals surface area contributed by atoms with Crippen molar-refractivity contribution in [2.45, 2.75) is 24.4 Å². The SMILES string of the molecule is O=C(N[C@H](Cc1cn(C(c2ccccc2)(c2ccccc2)c2ccccc2)cn1)C(=O)NCCc1ccc(O)c(O)c1)c1ccc(O)c(O)c1. The highest BCUT2D eigenvalue weighted by molar-refractivity contribution is 5.98. The number of benzene rings is 5. The molecule has 50 heavy (non-hydrogen) atoms. The van der Waals surface area contributed by atoms with Gasteiger partial charge in [-0.25, -0.2) is 4.98 Å². The molecule has 0 aliphatic heterocycles. The highest BCUT2D eigenvalue weighted by Gasteiger charge is 2.38. The van der Waals surface area contributed by atoms with Crippen molar-refractivity contribution < 1.29 is 30.0 Å². The fraction of sp³-hybridized carbons (Fsp3) is 0.125. The number of nitrogens with one attached hydrogen (secondary N) is 2. The van der Waals surface area contributed by atoms with Gasteiger partial charge in [0.05, 0.1) is 12.0 Å². The van der Waals surface area contributed by atoms with Crippen molar-refractivity contribution in [2.75, 3.05) is 6.54 Å². The third-order valence-electron chi connectivity index (χ3n) is 8.62. The number of hydrogen-bond donors (Lipinski definition) is 6. The summed E-state index contributed by atoms with van der Waals surface area (Å²) in [5.74, 6) is -2.44. The number of aromatic hydroxyl groups is 4. The number of phenolic OH excluding ortho intramolecular Hbond substituents is 4. The van der Waals surface area contributed by atoms with Crippen molar-refractivity contribution in [1.82, 2.24) is 20.2 Å². The zero-order chi connectivity index (χ0) is 35.1. The average Bonchev–Trinajstić information content (AvgIpc) is 3.61. The van der Waals surface area contributed by atoms with E-state index in [9.17, 15) is 30.0 Å². The molecular formula is C40H36N4O6. The van der Waals surface area contributed by atoms with Crippen LogP contribution in [0.15, 0.2) is 140 Å². The first kappa shape index (κ1) is 33.4. The zero-order valence-corrected chi connectivity index (χ0v) is 27.0. The molecule has 1 atom stereocenters. The topological polar surface area (TPSA) is 157 Å². The lowest BCUT2D eigenvalue weighted by molar-refractivity contribution is -0.122. The number of hydrogen-bond acceptors (Lipinski definition) is 7. The predicted octanol–water partition coefficient (Wildman–Crippen LogP) is 5.25. The van der Waals surface area contributed by atoms with Crippen LogP contribution in [0.4, 0.5) is 0 Å². The lowest BCUT2D eigenvalue weighted by Crippen LogP contribution is -2.48.